The predicted octanol–water partition coefficient (Wildman–Crippen LogP) is 1.41. The summed E-state index contributed by atoms with van der Waals surface area (Å²) in [5.41, 5.74) is 0. The van der Waals surface area contributed by atoms with E-state index in [4.69, 9.17) is 9.84 Å². The van der Waals surface area contributed by atoms with Crippen molar-refractivity contribution in [2.75, 3.05) is 13.2 Å². The number of aliphatic hydroxyl groups excluding tert-OH is 1. The van der Waals surface area contributed by atoms with Crippen molar-refractivity contribution in [3.05, 3.63) is 0 Å². The van der Waals surface area contributed by atoms with Crippen molar-refractivity contribution in [2.24, 2.45) is 17.8 Å². The van der Waals surface area contributed by atoms with Gasteiger partial charge in [0, 0.05) is 5.92 Å². The fourth-order valence-electron chi connectivity index (χ4n) is 1.46. The molecule has 3 unspecified atom stereocenters. The van der Waals surface area contributed by atoms with Gasteiger partial charge in [-0.3, -0.25) is 4.79 Å². The lowest BCUT2D eigenvalue weighted by Gasteiger charge is -2.20. The van der Waals surface area contributed by atoms with Gasteiger partial charge in [0.2, 0.25) is 0 Å². The smallest absolute Gasteiger partial charge is 0.309 e. The zero-order valence-electron chi connectivity index (χ0n) is 10.3. The molecule has 0 rings (SSSR count). The molecule has 0 saturated heterocycles. The van der Waals surface area contributed by atoms with Gasteiger partial charge in [-0.05, 0) is 12.3 Å². The molecule has 0 aromatic rings. The first kappa shape index (κ1) is 15.1. The molecule has 0 amide bonds. The van der Waals surface area contributed by atoms with E-state index in [1.165, 1.54) is 0 Å². The molecule has 4 heteroatoms. The van der Waals surface area contributed by atoms with Crippen LogP contribution in [0.2, 0.25) is 0 Å². The molecule has 0 aliphatic carbocycles. The van der Waals surface area contributed by atoms with Crippen LogP contribution in [0.5, 0.6) is 0 Å². The second-order valence-corrected chi connectivity index (χ2v) is 4.23. The standard InChI is InChI=1S/C12H22O4/c1-4-9(2)7-11(8-14)10(3)12(15)16-6-5-13/h8-11,13H,4-7H2,1-3H3. The molecule has 0 spiro atoms. The molecule has 0 aliphatic heterocycles. The van der Waals surface area contributed by atoms with Crippen molar-refractivity contribution < 1.29 is 19.4 Å². The van der Waals surface area contributed by atoms with Crippen molar-refractivity contribution in [1.29, 1.82) is 0 Å². The van der Waals surface area contributed by atoms with Gasteiger partial charge in [-0.1, -0.05) is 27.2 Å². The summed E-state index contributed by atoms with van der Waals surface area (Å²) in [7, 11) is 0. The number of hydrogen-bond donors (Lipinski definition) is 1. The first-order chi connectivity index (χ1) is 7.56. The van der Waals surface area contributed by atoms with Gasteiger partial charge >= 0.3 is 5.97 Å². The van der Waals surface area contributed by atoms with E-state index in [0.717, 1.165) is 12.7 Å². The van der Waals surface area contributed by atoms with Crippen molar-refractivity contribution in [3.63, 3.8) is 0 Å². The third-order valence-corrected chi connectivity index (χ3v) is 2.90. The monoisotopic (exact) mass is 230 g/mol. The number of ether oxygens (including phenoxy) is 1. The number of rotatable bonds is 8. The SMILES string of the molecule is CCC(C)CC(C=O)C(C)C(=O)OCCO. The minimum atomic E-state index is -0.432. The number of carbonyl (C=O) groups excluding carboxylic acids is 2. The van der Waals surface area contributed by atoms with Gasteiger partial charge in [-0.15, -0.1) is 0 Å². The van der Waals surface area contributed by atoms with E-state index in [-0.39, 0.29) is 19.1 Å². The summed E-state index contributed by atoms with van der Waals surface area (Å²) in [6, 6.07) is 0. The third-order valence-electron chi connectivity index (χ3n) is 2.90. The van der Waals surface area contributed by atoms with Crippen LogP contribution in [-0.2, 0) is 14.3 Å². The lowest BCUT2D eigenvalue weighted by atomic mass is 9.86. The van der Waals surface area contributed by atoms with Crippen LogP contribution >= 0.6 is 0 Å². The average molecular weight is 230 g/mol. The molecule has 3 atom stereocenters. The molecule has 0 aromatic heterocycles. The zero-order valence-corrected chi connectivity index (χ0v) is 10.3. The number of aldehydes is 1. The molecule has 0 heterocycles. The van der Waals surface area contributed by atoms with E-state index < -0.39 is 11.9 Å². The van der Waals surface area contributed by atoms with E-state index in [2.05, 4.69) is 13.8 Å². The van der Waals surface area contributed by atoms with Crippen LogP contribution < -0.4 is 0 Å². The summed E-state index contributed by atoms with van der Waals surface area (Å²) in [5, 5.41) is 8.53. The topological polar surface area (TPSA) is 63.6 Å². The highest BCUT2D eigenvalue weighted by Gasteiger charge is 2.26. The predicted molar refractivity (Wildman–Crippen MR) is 60.8 cm³/mol. The molecule has 0 aliphatic rings. The molecule has 0 radical (unpaired) electrons. The fraction of sp³-hybridized carbons (Fsp3) is 0.833. The van der Waals surface area contributed by atoms with Gasteiger partial charge in [-0.2, -0.15) is 0 Å². The first-order valence-corrected chi connectivity index (χ1v) is 5.79. The Labute approximate surface area is 97.0 Å². The van der Waals surface area contributed by atoms with Crippen LogP contribution in [0.1, 0.15) is 33.6 Å². The Bertz CT molecular complexity index is 215. The maximum Gasteiger partial charge on any atom is 0.309 e. The molecular formula is C12H22O4. The molecule has 1 N–H and O–H groups in total. The Morgan fingerprint density at radius 3 is 2.50 bits per heavy atom. The highest BCUT2D eigenvalue weighted by Crippen LogP contribution is 2.21. The van der Waals surface area contributed by atoms with Crippen molar-refractivity contribution in [1.82, 2.24) is 0 Å². The molecule has 4 nitrogen and oxygen atoms in total. The second kappa shape index (κ2) is 8.28. The number of carbonyl (C=O) groups is 2. The summed E-state index contributed by atoms with van der Waals surface area (Å²) in [6.45, 7) is 5.62. The minimum Gasteiger partial charge on any atom is -0.463 e. The van der Waals surface area contributed by atoms with Crippen LogP contribution in [0.3, 0.4) is 0 Å². The lowest BCUT2D eigenvalue weighted by molar-refractivity contribution is -0.152. The average Bonchev–Trinajstić information content (AvgIpc) is 2.31. The molecule has 16 heavy (non-hydrogen) atoms. The highest BCUT2D eigenvalue weighted by molar-refractivity contribution is 5.76. The van der Waals surface area contributed by atoms with Crippen molar-refractivity contribution in [3.8, 4) is 0 Å². The van der Waals surface area contributed by atoms with Crippen LogP contribution in [-0.4, -0.2) is 30.6 Å². The van der Waals surface area contributed by atoms with Gasteiger partial charge in [0.15, 0.2) is 0 Å². The van der Waals surface area contributed by atoms with E-state index in [9.17, 15) is 9.59 Å². The summed E-state index contributed by atoms with van der Waals surface area (Å²) in [5.74, 6) is -0.711. The molecule has 0 aromatic carbocycles. The molecular weight excluding hydrogens is 208 g/mol. The first-order valence-electron chi connectivity index (χ1n) is 5.79. The molecule has 94 valence electrons. The summed E-state index contributed by atoms with van der Waals surface area (Å²) >= 11 is 0. The Balaban J connectivity index is 4.23. The van der Waals surface area contributed by atoms with Gasteiger partial charge in [0.05, 0.1) is 12.5 Å². The zero-order chi connectivity index (χ0) is 12.6. The van der Waals surface area contributed by atoms with Gasteiger partial charge in [0.25, 0.3) is 0 Å². The summed E-state index contributed by atoms with van der Waals surface area (Å²) in [6.07, 6.45) is 2.52. The van der Waals surface area contributed by atoms with Crippen molar-refractivity contribution >= 4 is 12.3 Å². The summed E-state index contributed by atoms with van der Waals surface area (Å²) < 4.78 is 4.80. The van der Waals surface area contributed by atoms with Crippen molar-refractivity contribution in [2.45, 2.75) is 33.6 Å². The Morgan fingerprint density at radius 2 is 2.06 bits per heavy atom. The van der Waals surface area contributed by atoms with E-state index >= 15 is 0 Å². The minimum absolute atomic E-state index is 0.00190. The Hall–Kier alpha value is -0.900. The second-order valence-electron chi connectivity index (χ2n) is 4.23. The van der Waals surface area contributed by atoms with Crippen LogP contribution in [0, 0.1) is 17.8 Å². The lowest BCUT2D eigenvalue weighted by Crippen LogP contribution is -2.26. The van der Waals surface area contributed by atoms with E-state index in [1.807, 2.05) is 0 Å². The Kier molecular flexibility index (Phi) is 7.81. The van der Waals surface area contributed by atoms with E-state index in [1.54, 1.807) is 6.92 Å². The normalized spacial score (nSPS) is 16.2. The fourth-order valence-corrected chi connectivity index (χ4v) is 1.46. The highest BCUT2D eigenvalue weighted by atomic mass is 16.5. The molecule has 0 saturated carbocycles. The van der Waals surface area contributed by atoms with Crippen LogP contribution in [0.15, 0.2) is 0 Å². The third kappa shape index (κ3) is 5.26. The van der Waals surface area contributed by atoms with Crippen LogP contribution in [0.25, 0.3) is 0 Å². The van der Waals surface area contributed by atoms with E-state index in [0.29, 0.717) is 12.3 Å². The largest absolute Gasteiger partial charge is 0.463 e. The molecule has 0 fully saturated rings. The number of hydrogen-bond acceptors (Lipinski definition) is 4. The summed E-state index contributed by atoms with van der Waals surface area (Å²) in [4.78, 5) is 22.4. The maximum atomic E-state index is 11.5. The molecule has 0 bridgehead atoms. The van der Waals surface area contributed by atoms with Crippen LogP contribution in [0.4, 0.5) is 0 Å². The van der Waals surface area contributed by atoms with Gasteiger partial charge in [-0.25, -0.2) is 0 Å². The quantitative estimate of drug-likeness (QED) is 0.506. The van der Waals surface area contributed by atoms with Gasteiger partial charge < -0.3 is 14.6 Å². The number of aliphatic hydroxyl groups is 1. The maximum absolute atomic E-state index is 11.5. The Morgan fingerprint density at radius 1 is 1.44 bits per heavy atom. The number of esters is 1. The van der Waals surface area contributed by atoms with Gasteiger partial charge in [0.1, 0.15) is 12.9 Å².